The van der Waals surface area contributed by atoms with Crippen molar-refractivity contribution in [3.63, 3.8) is 0 Å². The molecule has 0 aliphatic rings. The van der Waals surface area contributed by atoms with Crippen LogP contribution in [0.2, 0.25) is 0 Å². The first kappa shape index (κ1) is 9.52. The lowest BCUT2D eigenvalue weighted by Crippen LogP contribution is -1.97. The highest BCUT2D eigenvalue weighted by Crippen LogP contribution is 2.25. The Balaban J connectivity index is 2.86. The molecule has 76 valence electrons. The smallest absolute Gasteiger partial charge is 0.336 e. The van der Waals surface area contributed by atoms with E-state index < -0.39 is 5.97 Å². The van der Waals surface area contributed by atoms with E-state index in [1.54, 1.807) is 12.1 Å². The highest BCUT2D eigenvalue weighted by Gasteiger charge is 2.09. The second-order valence-corrected chi connectivity index (χ2v) is 3.52. The second kappa shape index (κ2) is 3.28. The molecule has 2 N–H and O–H groups in total. The number of aromatic hydroxyl groups is 1. The predicted molar refractivity (Wildman–Crippen MR) is 57.3 cm³/mol. The zero-order chi connectivity index (χ0) is 11.0. The Hall–Kier alpha value is -2.03. The Morgan fingerprint density at radius 2 is 1.93 bits per heavy atom. The average molecular weight is 202 g/mol. The zero-order valence-electron chi connectivity index (χ0n) is 8.19. The van der Waals surface area contributed by atoms with Gasteiger partial charge in [-0.1, -0.05) is 23.8 Å². The number of aryl methyl sites for hydroxylation is 1. The summed E-state index contributed by atoms with van der Waals surface area (Å²) >= 11 is 0. The van der Waals surface area contributed by atoms with Crippen molar-refractivity contribution >= 4 is 16.7 Å². The van der Waals surface area contributed by atoms with Gasteiger partial charge >= 0.3 is 5.97 Å². The van der Waals surface area contributed by atoms with E-state index in [2.05, 4.69) is 0 Å². The first-order valence-corrected chi connectivity index (χ1v) is 4.54. The van der Waals surface area contributed by atoms with Crippen LogP contribution in [0.3, 0.4) is 0 Å². The normalized spacial score (nSPS) is 10.5. The van der Waals surface area contributed by atoms with E-state index in [9.17, 15) is 9.90 Å². The Labute approximate surface area is 86.6 Å². The molecule has 0 saturated carbocycles. The molecule has 2 rings (SSSR count). The summed E-state index contributed by atoms with van der Waals surface area (Å²) in [5.41, 5.74) is 1.16. The van der Waals surface area contributed by atoms with E-state index in [0.29, 0.717) is 5.39 Å². The van der Waals surface area contributed by atoms with Gasteiger partial charge in [-0.3, -0.25) is 0 Å². The van der Waals surface area contributed by atoms with Crippen molar-refractivity contribution in [1.82, 2.24) is 0 Å². The molecule has 0 bridgehead atoms. The van der Waals surface area contributed by atoms with Crippen molar-refractivity contribution in [3.05, 3.63) is 41.5 Å². The molecule has 2 aromatic rings. The van der Waals surface area contributed by atoms with Crippen LogP contribution in [0.25, 0.3) is 10.8 Å². The quantitative estimate of drug-likeness (QED) is 0.747. The van der Waals surface area contributed by atoms with Crippen LogP contribution in [0.4, 0.5) is 0 Å². The fourth-order valence-corrected chi connectivity index (χ4v) is 1.65. The molecule has 0 atom stereocenters. The van der Waals surface area contributed by atoms with Crippen LogP contribution in [0.5, 0.6) is 5.75 Å². The molecule has 0 spiro atoms. The summed E-state index contributed by atoms with van der Waals surface area (Å²) in [4.78, 5) is 10.9. The molecule has 0 aromatic heterocycles. The number of rotatable bonds is 1. The van der Waals surface area contributed by atoms with Gasteiger partial charge in [0.1, 0.15) is 5.75 Å². The fourth-order valence-electron chi connectivity index (χ4n) is 1.65. The first-order chi connectivity index (χ1) is 7.08. The summed E-state index contributed by atoms with van der Waals surface area (Å²) in [6, 6.07) is 8.29. The van der Waals surface area contributed by atoms with Crippen LogP contribution in [0.15, 0.2) is 30.3 Å². The van der Waals surface area contributed by atoms with E-state index in [-0.39, 0.29) is 11.3 Å². The summed E-state index contributed by atoms with van der Waals surface area (Å²) in [6.45, 7) is 1.92. The van der Waals surface area contributed by atoms with Gasteiger partial charge in [0.15, 0.2) is 0 Å². The molecule has 0 unspecified atom stereocenters. The van der Waals surface area contributed by atoms with Crippen molar-refractivity contribution in [2.24, 2.45) is 0 Å². The Bertz CT molecular complexity index is 539. The average Bonchev–Trinajstić information content (AvgIpc) is 2.15. The number of benzene rings is 2. The van der Waals surface area contributed by atoms with Crippen molar-refractivity contribution in [1.29, 1.82) is 0 Å². The lowest BCUT2D eigenvalue weighted by Gasteiger charge is -2.04. The van der Waals surface area contributed by atoms with Gasteiger partial charge in [-0.05, 0) is 29.8 Å². The molecular formula is C12H10O3. The fraction of sp³-hybridized carbons (Fsp3) is 0.0833. The largest absolute Gasteiger partial charge is 0.508 e. The third-order valence-corrected chi connectivity index (χ3v) is 2.32. The van der Waals surface area contributed by atoms with Crippen molar-refractivity contribution < 1.29 is 15.0 Å². The van der Waals surface area contributed by atoms with Crippen LogP contribution in [0.1, 0.15) is 15.9 Å². The molecule has 0 radical (unpaired) electrons. The number of hydrogen-bond donors (Lipinski definition) is 2. The van der Waals surface area contributed by atoms with Crippen LogP contribution in [-0.4, -0.2) is 16.2 Å². The van der Waals surface area contributed by atoms with Gasteiger partial charge in [-0.25, -0.2) is 4.79 Å². The molecule has 0 aliphatic carbocycles. The molecule has 0 aliphatic heterocycles. The number of carbonyl (C=O) groups is 1. The molecule has 3 nitrogen and oxygen atoms in total. The minimum Gasteiger partial charge on any atom is -0.508 e. The highest BCUT2D eigenvalue weighted by atomic mass is 16.4. The van der Waals surface area contributed by atoms with Gasteiger partial charge in [0, 0.05) is 0 Å². The zero-order valence-corrected chi connectivity index (χ0v) is 8.19. The number of aromatic carboxylic acids is 1. The lowest BCUT2D eigenvalue weighted by molar-refractivity contribution is 0.0698. The van der Waals surface area contributed by atoms with Crippen LogP contribution < -0.4 is 0 Å². The number of carboxylic acids is 1. The van der Waals surface area contributed by atoms with Crippen LogP contribution in [-0.2, 0) is 0 Å². The number of hydrogen-bond acceptors (Lipinski definition) is 2. The first-order valence-electron chi connectivity index (χ1n) is 4.54. The van der Waals surface area contributed by atoms with E-state index in [1.807, 2.05) is 19.1 Å². The predicted octanol–water partition coefficient (Wildman–Crippen LogP) is 2.55. The third kappa shape index (κ3) is 1.64. The Morgan fingerprint density at radius 3 is 2.60 bits per heavy atom. The topological polar surface area (TPSA) is 57.5 Å². The van der Waals surface area contributed by atoms with E-state index >= 15 is 0 Å². The standard InChI is InChI=1S/C12H10O3/c1-7-2-3-10-8(4-7)5-9(13)6-11(10)12(14)15/h2-6,13H,1H3,(H,14,15). The third-order valence-electron chi connectivity index (χ3n) is 2.32. The van der Waals surface area contributed by atoms with Crippen molar-refractivity contribution in [3.8, 4) is 5.75 Å². The maximum atomic E-state index is 10.9. The molecule has 0 fully saturated rings. The van der Waals surface area contributed by atoms with Crippen LogP contribution in [0, 0.1) is 6.92 Å². The van der Waals surface area contributed by atoms with Crippen molar-refractivity contribution in [2.45, 2.75) is 6.92 Å². The maximum absolute atomic E-state index is 10.9. The molecular weight excluding hydrogens is 192 g/mol. The van der Waals surface area contributed by atoms with Gasteiger partial charge in [-0.2, -0.15) is 0 Å². The van der Waals surface area contributed by atoms with Gasteiger partial charge in [-0.15, -0.1) is 0 Å². The van der Waals surface area contributed by atoms with Crippen LogP contribution >= 0.6 is 0 Å². The molecule has 0 amide bonds. The number of phenolic OH excluding ortho intramolecular Hbond substituents is 1. The van der Waals surface area contributed by atoms with Crippen molar-refractivity contribution in [2.75, 3.05) is 0 Å². The lowest BCUT2D eigenvalue weighted by atomic mass is 10.0. The molecule has 3 heteroatoms. The second-order valence-electron chi connectivity index (χ2n) is 3.52. The molecule has 2 aromatic carbocycles. The van der Waals surface area contributed by atoms with Gasteiger partial charge in [0.25, 0.3) is 0 Å². The Kier molecular flexibility index (Phi) is 2.08. The Morgan fingerprint density at radius 1 is 1.20 bits per heavy atom. The summed E-state index contributed by atoms with van der Waals surface area (Å²) in [7, 11) is 0. The number of phenols is 1. The summed E-state index contributed by atoms with van der Waals surface area (Å²) < 4.78 is 0. The highest BCUT2D eigenvalue weighted by molar-refractivity contribution is 6.04. The molecule has 0 saturated heterocycles. The van der Waals surface area contributed by atoms with Gasteiger partial charge < -0.3 is 10.2 Å². The summed E-state index contributed by atoms with van der Waals surface area (Å²) in [6.07, 6.45) is 0. The minimum absolute atomic E-state index is 0.0227. The summed E-state index contributed by atoms with van der Waals surface area (Å²) in [5, 5.41) is 19.7. The van der Waals surface area contributed by atoms with E-state index in [4.69, 9.17) is 5.11 Å². The molecule has 15 heavy (non-hydrogen) atoms. The SMILES string of the molecule is Cc1ccc2c(C(=O)O)cc(O)cc2c1. The van der Waals surface area contributed by atoms with Gasteiger partial charge in [0.2, 0.25) is 0 Å². The van der Waals surface area contributed by atoms with E-state index in [0.717, 1.165) is 10.9 Å². The monoisotopic (exact) mass is 202 g/mol. The number of fused-ring (bicyclic) bond motifs is 1. The maximum Gasteiger partial charge on any atom is 0.336 e. The van der Waals surface area contributed by atoms with Gasteiger partial charge in [0.05, 0.1) is 5.56 Å². The minimum atomic E-state index is -1.03. The molecule has 0 heterocycles. The number of carboxylic acid groups (broad SMARTS) is 1. The van der Waals surface area contributed by atoms with E-state index in [1.165, 1.54) is 6.07 Å². The summed E-state index contributed by atoms with van der Waals surface area (Å²) in [5.74, 6) is -1.05.